The molecular weight excluding hydrogens is 1080 g/mol. The molecular formula is C88H72N2. The second kappa shape index (κ2) is 22.2. The molecule has 15 rings (SSSR count). The van der Waals surface area contributed by atoms with E-state index in [1.807, 2.05) is 0 Å². The number of anilines is 6. The molecule has 434 valence electrons. The molecule has 0 saturated carbocycles. The van der Waals surface area contributed by atoms with E-state index in [-0.39, 0.29) is 10.8 Å². The van der Waals surface area contributed by atoms with Gasteiger partial charge in [-0.05, 0) is 245 Å². The second-order valence-electron chi connectivity index (χ2n) is 26.2. The first kappa shape index (κ1) is 56.0. The van der Waals surface area contributed by atoms with Crippen molar-refractivity contribution in [1.82, 2.24) is 0 Å². The summed E-state index contributed by atoms with van der Waals surface area (Å²) in [4.78, 5) is 4.85. The highest BCUT2D eigenvalue weighted by molar-refractivity contribution is 5.92. The maximum Gasteiger partial charge on any atom is 0.0466 e. The van der Waals surface area contributed by atoms with E-state index in [4.69, 9.17) is 0 Å². The van der Waals surface area contributed by atoms with E-state index >= 15 is 0 Å². The van der Waals surface area contributed by atoms with Crippen molar-refractivity contribution < 1.29 is 0 Å². The van der Waals surface area contributed by atoms with Crippen LogP contribution in [-0.4, -0.2) is 0 Å². The fraction of sp³-hybridized carbons (Fsp3) is 0.114. The molecule has 0 aromatic heterocycles. The van der Waals surface area contributed by atoms with Gasteiger partial charge in [0.05, 0.1) is 0 Å². The molecule has 2 nitrogen and oxygen atoms in total. The molecule has 0 saturated heterocycles. The minimum atomic E-state index is -0.202. The molecule has 0 amide bonds. The number of fused-ring (bicyclic) bond motifs is 8. The molecule has 2 aliphatic rings. The summed E-state index contributed by atoms with van der Waals surface area (Å²) in [5.41, 5.74) is 31.7. The van der Waals surface area contributed by atoms with Crippen LogP contribution in [0.1, 0.15) is 94.5 Å². The van der Waals surface area contributed by atoms with Crippen molar-refractivity contribution in [1.29, 1.82) is 0 Å². The molecule has 0 fully saturated rings. The summed E-state index contributed by atoms with van der Waals surface area (Å²) in [5.74, 6) is 0. The van der Waals surface area contributed by atoms with Crippen molar-refractivity contribution >= 4 is 80.0 Å². The van der Waals surface area contributed by atoms with Crippen LogP contribution in [0.15, 0.2) is 267 Å². The largest absolute Gasteiger partial charge is 0.310 e. The van der Waals surface area contributed by atoms with Crippen molar-refractivity contribution in [3.8, 4) is 44.5 Å². The van der Waals surface area contributed by atoms with Crippen LogP contribution in [0.5, 0.6) is 0 Å². The van der Waals surface area contributed by atoms with Crippen LogP contribution in [0.3, 0.4) is 0 Å². The van der Waals surface area contributed by atoms with Gasteiger partial charge in [0.25, 0.3) is 0 Å². The Labute approximate surface area is 531 Å². The van der Waals surface area contributed by atoms with Crippen LogP contribution < -0.4 is 9.80 Å². The highest BCUT2D eigenvalue weighted by Gasteiger charge is 2.38. The summed E-state index contributed by atoms with van der Waals surface area (Å²) in [6, 6.07) is 99.6. The van der Waals surface area contributed by atoms with Crippen molar-refractivity contribution in [2.45, 2.75) is 66.2 Å². The van der Waals surface area contributed by atoms with Crippen LogP contribution in [0.4, 0.5) is 34.1 Å². The SMILES string of the molecule is Cc1cc(C)cc(N(c2ccc(-c3ccc4ccccc4c3)cc2)c2ccc3c(c2)C(C)(C)c2cc(/C=C/c4ccc(/C=C/c5ccc6c(c5)C(C)(C)c5cc(N(c7ccc(-c8ccc9ccccc9c8)cc7)c7cc(C)cc(C)c7)ccc5-6)cc4)ccc2-3)c1. The fourth-order valence-corrected chi connectivity index (χ4v) is 14.5. The van der Waals surface area contributed by atoms with Crippen LogP contribution in [0.2, 0.25) is 0 Å². The smallest absolute Gasteiger partial charge is 0.0466 e. The minimum Gasteiger partial charge on any atom is -0.310 e. The summed E-state index contributed by atoms with van der Waals surface area (Å²) in [5, 5.41) is 5.02. The van der Waals surface area contributed by atoms with Crippen LogP contribution in [-0.2, 0) is 10.8 Å². The number of benzene rings is 13. The molecule has 0 N–H and O–H groups in total. The molecule has 90 heavy (non-hydrogen) atoms. The Morgan fingerprint density at radius 1 is 0.233 bits per heavy atom. The van der Waals surface area contributed by atoms with E-state index in [0.717, 1.165) is 34.1 Å². The molecule has 0 bridgehead atoms. The Hall–Kier alpha value is -10.5. The predicted octanol–water partition coefficient (Wildman–Crippen LogP) is 24.5. The Kier molecular flexibility index (Phi) is 13.8. The summed E-state index contributed by atoms with van der Waals surface area (Å²) in [6.07, 6.45) is 9.01. The van der Waals surface area contributed by atoms with E-state index in [1.165, 1.54) is 133 Å². The topological polar surface area (TPSA) is 6.48 Å². The van der Waals surface area contributed by atoms with Gasteiger partial charge in [-0.15, -0.1) is 0 Å². The van der Waals surface area contributed by atoms with Gasteiger partial charge in [-0.2, -0.15) is 0 Å². The monoisotopic (exact) mass is 1160 g/mol. The first-order valence-electron chi connectivity index (χ1n) is 31.7. The lowest BCUT2D eigenvalue weighted by Gasteiger charge is -2.29. The molecule has 13 aromatic carbocycles. The van der Waals surface area contributed by atoms with Gasteiger partial charge in [-0.25, -0.2) is 0 Å². The first-order chi connectivity index (χ1) is 43.7. The normalized spacial score (nSPS) is 13.4. The molecule has 2 aliphatic carbocycles. The molecule has 0 atom stereocenters. The third kappa shape index (κ3) is 10.3. The van der Waals surface area contributed by atoms with E-state index in [0.29, 0.717) is 0 Å². The van der Waals surface area contributed by atoms with Gasteiger partial charge in [0.15, 0.2) is 0 Å². The average molecular weight is 1160 g/mol. The Morgan fingerprint density at radius 3 is 0.911 bits per heavy atom. The lowest BCUT2D eigenvalue weighted by Crippen LogP contribution is -2.17. The van der Waals surface area contributed by atoms with Gasteiger partial charge in [0, 0.05) is 45.0 Å². The van der Waals surface area contributed by atoms with Crippen LogP contribution in [0.25, 0.3) is 90.4 Å². The van der Waals surface area contributed by atoms with E-state index in [2.05, 4.69) is 356 Å². The van der Waals surface area contributed by atoms with Gasteiger partial charge < -0.3 is 9.80 Å². The lowest BCUT2D eigenvalue weighted by atomic mass is 9.81. The van der Waals surface area contributed by atoms with Gasteiger partial charge in [0.2, 0.25) is 0 Å². The molecule has 13 aromatic rings. The van der Waals surface area contributed by atoms with Crippen molar-refractivity contribution in [2.75, 3.05) is 9.80 Å². The highest BCUT2D eigenvalue weighted by atomic mass is 15.1. The van der Waals surface area contributed by atoms with E-state index < -0.39 is 0 Å². The number of rotatable bonds is 12. The summed E-state index contributed by atoms with van der Waals surface area (Å²) < 4.78 is 0. The summed E-state index contributed by atoms with van der Waals surface area (Å²) >= 11 is 0. The number of hydrogen-bond acceptors (Lipinski definition) is 2. The summed E-state index contributed by atoms with van der Waals surface area (Å²) in [7, 11) is 0. The zero-order valence-electron chi connectivity index (χ0n) is 52.6. The van der Waals surface area contributed by atoms with Crippen molar-refractivity contribution in [3.63, 3.8) is 0 Å². The Balaban J connectivity index is 0.646. The Morgan fingerprint density at radius 2 is 0.533 bits per heavy atom. The van der Waals surface area contributed by atoms with Crippen molar-refractivity contribution in [2.24, 2.45) is 0 Å². The fourth-order valence-electron chi connectivity index (χ4n) is 14.5. The second-order valence-corrected chi connectivity index (χ2v) is 26.2. The number of nitrogens with zero attached hydrogens (tertiary/aromatic N) is 2. The van der Waals surface area contributed by atoms with E-state index in [9.17, 15) is 0 Å². The van der Waals surface area contributed by atoms with Gasteiger partial charge in [-0.3, -0.25) is 0 Å². The van der Waals surface area contributed by atoms with Gasteiger partial charge in [0.1, 0.15) is 0 Å². The maximum absolute atomic E-state index is 2.44. The van der Waals surface area contributed by atoms with Gasteiger partial charge >= 0.3 is 0 Å². The molecule has 0 heterocycles. The minimum absolute atomic E-state index is 0.202. The average Bonchev–Trinajstić information content (AvgIpc) is 1.58. The molecule has 0 spiro atoms. The Bertz CT molecular complexity index is 4670. The van der Waals surface area contributed by atoms with Crippen LogP contribution in [0, 0.1) is 27.7 Å². The summed E-state index contributed by atoms with van der Waals surface area (Å²) in [6.45, 7) is 18.3. The lowest BCUT2D eigenvalue weighted by molar-refractivity contribution is 0.660. The molecule has 0 radical (unpaired) electrons. The van der Waals surface area contributed by atoms with Gasteiger partial charge in [-0.1, -0.05) is 234 Å². The predicted molar refractivity (Wildman–Crippen MR) is 387 cm³/mol. The molecule has 0 aliphatic heterocycles. The third-order valence-corrected chi connectivity index (χ3v) is 19.1. The number of aryl methyl sites for hydroxylation is 4. The van der Waals surface area contributed by atoms with Crippen molar-refractivity contribution in [3.05, 3.63) is 334 Å². The van der Waals surface area contributed by atoms with Crippen LogP contribution >= 0.6 is 0 Å². The standard InChI is InChI=1S/C88H72N2/c1-57-45-58(2)48-77(47-57)89(73-35-31-67(32-36-73)71-29-27-65-13-9-11-15-69(65)53-71)75-39-43-81-79-41-25-63(51-83(79)87(5,6)85(81)55-75)23-21-61-17-19-62(20-18-61)22-24-64-26-42-80-82-44-40-76(56-86(82)88(7,8)84(80)52-64)90(78-49-59(3)46-60(4)50-78)74-37-33-68(34-38-74)72-30-28-66-14-10-12-16-70(66)54-72/h9-56H,1-8H3/b23-21+,24-22+. The maximum atomic E-state index is 2.44. The first-order valence-corrected chi connectivity index (χ1v) is 31.7. The molecule has 2 heteroatoms. The number of hydrogen-bond donors (Lipinski definition) is 0. The highest BCUT2D eigenvalue weighted by Crippen LogP contribution is 2.53. The quantitative estimate of drug-likeness (QED) is 0.113. The zero-order valence-corrected chi connectivity index (χ0v) is 52.6. The third-order valence-electron chi connectivity index (χ3n) is 19.1. The zero-order chi connectivity index (χ0) is 61.4. The van der Waals surface area contributed by atoms with E-state index in [1.54, 1.807) is 0 Å². The molecule has 0 unspecified atom stereocenters.